The highest BCUT2D eigenvalue weighted by Gasteiger charge is 2.36. The Hall–Kier alpha value is -2.44. The first-order valence-corrected chi connectivity index (χ1v) is 6.91. The molecule has 7 nitrogen and oxygen atoms in total. The van der Waals surface area contributed by atoms with Crippen LogP contribution < -0.4 is 10.6 Å². The van der Waals surface area contributed by atoms with Gasteiger partial charge in [-0.25, -0.2) is 0 Å². The molecule has 1 aliphatic heterocycles. The second kappa shape index (κ2) is 6.34. The predicted octanol–water partition coefficient (Wildman–Crippen LogP) is 0.391. The lowest BCUT2D eigenvalue weighted by atomic mass is 10.1. The Bertz CT molecular complexity index is 573. The first-order chi connectivity index (χ1) is 10.1. The van der Waals surface area contributed by atoms with Gasteiger partial charge in [0.25, 0.3) is 5.91 Å². The highest BCUT2D eigenvalue weighted by molar-refractivity contribution is 6.08. The number of piperazine rings is 1. The van der Waals surface area contributed by atoms with E-state index in [0.29, 0.717) is 24.2 Å². The number of imide groups is 1. The maximum absolute atomic E-state index is 12.7. The highest BCUT2D eigenvalue weighted by Crippen LogP contribution is 2.19. The van der Waals surface area contributed by atoms with Gasteiger partial charge < -0.3 is 10.2 Å². The molecule has 0 saturated carbocycles. The molecule has 3 amide bonds. The second-order valence-corrected chi connectivity index (χ2v) is 4.72. The van der Waals surface area contributed by atoms with E-state index >= 15 is 0 Å². The van der Waals surface area contributed by atoms with E-state index in [0.717, 1.165) is 0 Å². The summed E-state index contributed by atoms with van der Waals surface area (Å²) in [5.74, 6) is -1.23. The minimum atomic E-state index is -0.627. The summed E-state index contributed by atoms with van der Waals surface area (Å²) in [5.41, 5.74) is 1.01. The minimum absolute atomic E-state index is 0.114. The summed E-state index contributed by atoms with van der Waals surface area (Å²) in [6, 6.07) is 0.960. The molecule has 7 heteroatoms. The van der Waals surface area contributed by atoms with Gasteiger partial charge in [-0.1, -0.05) is 6.92 Å². The van der Waals surface area contributed by atoms with Crippen LogP contribution in [0.5, 0.6) is 0 Å². The fourth-order valence-corrected chi connectivity index (χ4v) is 2.35. The SMILES string of the molecule is CCNc1cnccc1C(=O)N1CC(=O)NC(=O)C1CC. The molecule has 2 N–H and O–H groups in total. The van der Waals surface area contributed by atoms with E-state index in [1.165, 1.54) is 11.1 Å². The molecule has 1 aromatic rings. The molecule has 0 aliphatic carbocycles. The van der Waals surface area contributed by atoms with Gasteiger partial charge in [0.2, 0.25) is 11.8 Å². The van der Waals surface area contributed by atoms with Crippen LogP contribution in [0.25, 0.3) is 0 Å². The highest BCUT2D eigenvalue weighted by atomic mass is 16.2. The molecule has 112 valence electrons. The lowest BCUT2D eigenvalue weighted by Gasteiger charge is -2.33. The van der Waals surface area contributed by atoms with Crippen LogP contribution in [-0.4, -0.2) is 46.7 Å². The zero-order valence-corrected chi connectivity index (χ0v) is 12.0. The molecule has 1 aliphatic rings. The normalized spacial score (nSPS) is 18.4. The number of hydrogen-bond acceptors (Lipinski definition) is 5. The summed E-state index contributed by atoms with van der Waals surface area (Å²) >= 11 is 0. The summed E-state index contributed by atoms with van der Waals surface area (Å²) in [6.07, 6.45) is 3.52. The summed E-state index contributed by atoms with van der Waals surface area (Å²) < 4.78 is 0. The van der Waals surface area contributed by atoms with Gasteiger partial charge in [0.05, 0.1) is 17.4 Å². The van der Waals surface area contributed by atoms with Crippen molar-refractivity contribution in [3.8, 4) is 0 Å². The molecule has 0 bridgehead atoms. The molecule has 1 fully saturated rings. The van der Waals surface area contributed by atoms with Crippen LogP contribution >= 0.6 is 0 Å². The van der Waals surface area contributed by atoms with E-state index < -0.39 is 17.9 Å². The molecule has 2 heterocycles. The van der Waals surface area contributed by atoms with Gasteiger partial charge in [0.1, 0.15) is 12.6 Å². The van der Waals surface area contributed by atoms with Gasteiger partial charge in [-0.05, 0) is 19.4 Å². The van der Waals surface area contributed by atoms with Gasteiger partial charge >= 0.3 is 0 Å². The number of hydrogen-bond donors (Lipinski definition) is 2. The van der Waals surface area contributed by atoms with Crippen molar-refractivity contribution < 1.29 is 14.4 Å². The van der Waals surface area contributed by atoms with E-state index in [1.54, 1.807) is 19.2 Å². The number of anilines is 1. The van der Waals surface area contributed by atoms with Crippen LogP contribution in [0.15, 0.2) is 18.5 Å². The summed E-state index contributed by atoms with van der Waals surface area (Å²) in [7, 11) is 0. The Kier molecular flexibility index (Phi) is 4.52. The van der Waals surface area contributed by atoms with Crippen LogP contribution in [-0.2, 0) is 9.59 Å². The number of nitrogens with one attached hydrogen (secondary N) is 2. The monoisotopic (exact) mass is 290 g/mol. The lowest BCUT2D eigenvalue weighted by Crippen LogP contribution is -2.59. The van der Waals surface area contributed by atoms with Crippen LogP contribution in [0, 0.1) is 0 Å². The molecular formula is C14H18N4O3. The molecule has 0 spiro atoms. The molecule has 1 atom stereocenters. The number of rotatable bonds is 4. The third-order valence-corrected chi connectivity index (χ3v) is 3.32. The van der Waals surface area contributed by atoms with Crippen molar-refractivity contribution in [2.75, 3.05) is 18.4 Å². The third kappa shape index (κ3) is 3.01. The fourth-order valence-electron chi connectivity index (χ4n) is 2.35. The number of nitrogens with zero attached hydrogens (tertiary/aromatic N) is 2. The van der Waals surface area contributed by atoms with E-state index in [9.17, 15) is 14.4 Å². The molecule has 1 unspecified atom stereocenters. The summed E-state index contributed by atoms with van der Waals surface area (Å²) in [4.78, 5) is 41.4. The van der Waals surface area contributed by atoms with Crippen LogP contribution in [0.1, 0.15) is 30.6 Å². The quantitative estimate of drug-likeness (QED) is 0.783. The van der Waals surface area contributed by atoms with Crippen LogP contribution in [0.3, 0.4) is 0 Å². The van der Waals surface area contributed by atoms with Gasteiger partial charge in [0, 0.05) is 12.7 Å². The van der Waals surface area contributed by atoms with Crippen molar-refractivity contribution in [2.45, 2.75) is 26.3 Å². The maximum Gasteiger partial charge on any atom is 0.257 e. The molecule has 21 heavy (non-hydrogen) atoms. The van der Waals surface area contributed by atoms with Gasteiger partial charge in [-0.3, -0.25) is 24.7 Å². The number of amides is 3. The Balaban J connectivity index is 2.33. The average molecular weight is 290 g/mol. The van der Waals surface area contributed by atoms with Crippen molar-refractivity contribution in [2.24, 2.45) is 0 Å². The van der Waals surface area contributed by atoms with Crippen molar-refractivity contribution in [1.29, 1.82) is 0 Å². The van der Waals surface area contributed by atoms with Gasteiger partial charge in [-0.15, -0.1) is 0 Å². The molecule has 1 saturated heterocycles. The first-order valence-electron chi connectivity index (χ1n) is 6.91. The number of carbonyl (C=O) groups excluding carboxylic acids is 3. The Morgan fingerprint density at radius 3 is 2.90 bits per heavy atom. The number of pyridine rings is 1. The zero-order valence-electron chi connectivity index (χ0n) is 12.0. The van der Waals surface area contributed by atoms with E-state index in [1.807, 2.05) is 6.92 Å². The van der Waals surface area contributed by atoms with E-state index in [-0.39, 0.29) is 12.5 Å². The van der Waals surface area contributed by atoms with Crippen molar-refractivity contribution in [3.63, 3.8) is 0 Å². The largest absolute Gasteiger partial charge is 0.383 e. The van der Waals surface area contributed by atoms with Gasteiger partial charge in [-0.2, -0.15) is 0 Å². The Labute approximate surface area is 122 Å². The second-order valence-electron chi connectivity index (χ2n) is 4.72. The third-order valence-electron chi connectivity index (χ3n) is 3.32. The zero-order chi connectivity index (χ0) is 15.4. The summed E-state index contributed by atoms with van der Waals surface area (Å²) in [6.45, 7) is 4.24. The molecule has 0 radical (unpaired) electrons. The Morgan fingerprint density at radius 2 is 2.24 bits per heavy atom. The minimum Gasteiger partial charge on any atom is -0.383 e. The fraction of sp³-hybridized carbons (Fsp3) is 0.429. The van der Waals surface area contributed by atoms with E-state index in [4.69, 9.17) is 0 Å². The number of carbonyl (C=O) groups is 3. The smallest absolute Gasteiger partial charge is 0.257 e. The molecule has 1 aromatic heterocycles. The maximum atomic E-state index is 12.7. The number of aromatic nitrogens is 1. The Morgan fingerprint density at radius 1 is 1.48 bits per heavy atom. The first kappa shape index (κ1) is 15.0. The van der Waals surface area contributed by atoms with Crippen molar-refractivity contribution in [1.82, 2.24) is 15.2 Å². The van der Waals surface area contributed by atoms with E-state index in [2.05, 4.69) is 15.6 Å². The molecular weight excluding hydrogens is 272 g/mol. The van der Waals surface area contributed by atoms with Crippen LogP contribution in [0.2, 0.25) is 0 Å². The molecule has 0 aromatic carbocycles. The summed E-state index contributed by atoms with van der Waals surface area (Å²) in [5, 5.41) is 5.31. The van der Waals surface area contributed by atoms with Gasteiger partial charge in [0.15, 0.2) is 0 Å². The van der Waals surface area contributed by atoms with Crippen LogP contribution in [0.4, 0.5) is 5.69 Å². The molecule has 2 rings (SSSR count). The van der Waals surface area contributed by atoms with Crippen molar-refractivity contribution >= 4 is 23.4 Å². The standard InChI is InChI=1S/C14H18N4O3/c1-3-11-13(20)17-12(19)8-18(11)14(21)9-5-6-15-7-10(9)16-4-2/h5-7,11,16H,3-4,8H2,1-2H3,(H,17,19,20). The average Bonchev–Trinajstić information content (AvgIpc) is 2.47. The lowest BCUT2D eigenvalue weighted by molar-refractivity contribution is -0.138. The topological polar surface area (TPSA) is 91.4 Å². The van der Waals surface area contributed by atoms with Crippen molar-refractivity contribution in [3.05, 3.63) is 24.0 Å². The predicted molar refractivity (Wildman–Crippen MR) is 76.7 cm³/mol.